The highest BCUT2D eigenvalue weighted by Gasteiger charge is 2.19. The van der Waals surface area contributed by atoms with Crippen molar-refractivity contribution in [3.8, 4) is 16.8 Å². The second kappa shape index (κ2) is 7.75. The average molecular weight is 480 g/mol. The number of hydrogen-bond acceptors (Lipinski definition) is 1. The minimum Gasteiger partial charge on any atom is -0.399 e. The molecule has 5 aromatic carbocycles. The van der Waals surface area contributed by atoms with Crippen molar-refractivity contribution in [2.24, 2.45) is 0 Å². The minimum atomic E-state index is 0.104. The van der Waals surface area contributed by atoms with Gasteiger partial charge in [-0.1, -0.05) is 81.4 Å². The molecule has 0 spiro atoms. The Morgan fingerprint density at radius 1 is 0.649 bits per heavy atom. The molecule has 0 aliphatic rings. The molecule has 0 radical (unpaired) electrons. The molecule has 180 valence electrons. The van der Waals surface area contributed by atoms with Crippen LogP contribution in [-0.2, 0) is 5.41 Å². The molecule has 0 saturated carbocycles. The number of benzene rings is 5. The second-order valence-electron chi connectivity index (χ2n) is 11.0. The summed E-state index contributed by atoms with van der Waals surface area (Å²) in [5.74, 6) is 0. The highest BCUT2D eigenvalue weighted by molar-refractivity contribution is 6.15. The van der Waals surface area contributed by atoms with Gasteiger partial charge in [-0.3, -0.25) is 0 Å². The molecule has 7 rings (SSSR count). The van der Waals surface area contributed by atoms with Crippen LogP contribution in [0, 0.1) is 0 Å². The molecule has 7 aromatic rings. The number of H-pyrrole nitrogens is 1. The number of nitrogens with two attached hydrogens (primary N) is 1. The summed E-state index contributed by atoms with van der Waals surface area (Å²) >= 11 is 0. The van der Waals surface area contributed by atoms with E-state index in [2.05, 4.69) is 133 Å². The number of anilines is 1. The zero-order valence-electron chi connectivity index (χ0n) is 21.3. The first-order valence-corrected chi connectivity index (χ1v) is 12.8. The predicted molar refractivity (Wildman–Crippen MR) is 159 cm³/mol. The van der Waals surface area contributed by atoms with Crippen molar-refractivity contribution in [2.75, 3.05) is 5.73 Å². The fourth-order valence-electron chi connectivity index (χ4n) is 5.73. The fraction of sp³-hybridized carbons (Fsp3) is 0.118. The van der Waals surface area contributed by atoms with Crippen LogP contribution in [0.2, 0.25) is 0 Å². The molecular weight excluding hydrogens is 450 g/mol. The summed E-state index contributed by atoms with van der Waals surface area (Å²) in [5.41, 5.74) is 16.8. The number of fused-ring (bicyclic) bond motifs is 6. The number of nitrogen functional groups attached to an aromatic ring is 1. The van der Waals surface area contributed by atoms with Crippen molar-refractivity contribution >= 4 is 49.3 Å². The number of rotatable bonds is 2. The molecule has 0 amide bonds. The zero-order chi connectivity index (χ0) is 25.3. The number of nitrogens with one attached hydrogen (secondary N) is 1. The number of nitrogens with zero attached hydrogens (tertiary/aromatic N) is 1. The lowest BCUT2D eigenvalue weighted by Crippen LogP contribution is -2.10. The lowest BCUT2D eigenvalue weighted by molar-refractivity contribution is 0.590. The Balaban J connectivity index is 1.57. The highest BCUT2D eigenvalue weighted by Crippen LogP contribution is 2.41. The van der Waals surface area contributed by atoms with Gasteiger partial charge in [0.15, 0.2) is 0 Å². The van der Waals surface area contributed by atoms with Gasteiger partial charge in [-0.25, -0.2) is 0 Å². The first kappa shape index (κ1) is 21.8. The molecule has 0 aliphatic heterocycles. The van der Waals surface area contributed by atoms with Crippen LogP contribution in [0.3, 0.4) is 0 Å². The number of para-hydroxylation sites is 2. The quantitative estimate of drug-likeness (QED) is 0.239. The standard InChI is InChI=1S/C34H29N3/c1-34(2,3)22-14-12-21(13-15-22)27-18-23(35)19-29-26-9-5-7-11-32(26)37(33(27)29)24-16-17-31-28(20-24)25-8-4-6-10-30(25)36-31/h4-20,36H,35H2,1-3H3. The highest BCUT2D eigenvalue weighted by atomic mass is 15.0. The fourth-order valence-corrected chi connectivity index (χ4v) is 5.73. The molecule has 0 saturated heterocycles. The van der Waals surface area contributed by atoms with Gasteiger partial charge in [-0.05, 0) is 59.0 Å². The Morgan fingerprint density at radius 3 is 2.14 bits per heavy atom. The zero-order valence-corrected chi connectivity index (χ0v) is 21.3. The van der Waals surface area contributed by atoms with Gasteiger partial charge in [0, 0.05) is 49.5 Å². The Bertz CT molecular complexity index is 1960. The second-order valence-corrected chi connectivity index (χ2v) is 11.0. The number of aromatic amines is 1. The van der Waals surface area contributed by atoms with Crippen LogP contribution in [0.15, 0.2) is 103 Å². The molecule has 2 aromatic heterocycles. The third-order valence-electron chi connectivity index (χ3n) is 7.60. The molecule has 3 heteroatoms. The Kier molecular flexibility index (Phi) is 4.56. The van der Waals surface area contributed by atoms with Crippen molar-refractivity contribution in [1.29, 1.82) is 0 Å². The summed E-state index contributed by atoms with van der Waals surface area (Å²) in [5, 5.41) is 4.84. The van der Waals surface area contributed by atoms with E-state index in [1.165, 1.54) is 43.7 Å². The van der Waals surface area contributed by atoms with E-state index in [-0.39, 0.29) is 5.41 Å². The maximum absolute atomic E-state index is 6.51. The van der Waals surface area contributed by atoms with Crippen LogP contribution < -0.4 is 5.73 Å². The van der Waals surface area contributed by atoms with Crippen LogP contribution >= 0.6 is 0 Å². The molecule has 37 heavy (non-hydrogen) atoms. The molecular formula is C34H29N3. The van der Waals surface area contributed by atoms with Crippen LogP contribution in [0.1, 0.15) is 26.3 Å². The smallest absolute Gasteiger partial charge is 0.0620 e. The van der Waals surface area contributed by atoms with Crippen molar-refractivity contribution in [1.82, 2.24) is 9.55 Å². The van der Waals surface area contributed by atoms with Crippen LogP contribution in [0.5, 0.6) is 0 Å². The molecule has 0 unspecified atom stereocenters. The van der Waals surface area contributed by atoms with E-state index in [1.807, 2.05) is 0 Å². The van der Waals surface area contributed by atoms with E-state index >= 15 is 0 Å². The molecule has 3 N–H and O–H groups in total. The van der Waals surface area contributed by atoms with E-state index < -0.39 is 0 Å². The average Bonchev–Trinajstić information content (AvgIpc) is 3.43. The number of aromatic nitrogens is 2. The largest absolute Gasteiger partial charge is 0.399 e. The van der Waals surface area contributed by atoms with E-state index in [0.717, 1.165) is 28.0 Å². The van der Waals surface area contributed by atoms with Gasteiger partial charge in [-0.2, -0.15) is 0 Å². The molecule has 0 bridgehead atoms. The van der Waals surface area contributed by atoms with Crippen molar-refractivity contribution in [3.05, 3.63) is 109 Å². The van der Waals surface area contributed by atoms with E-state index in [0.29, 0.717) is 0 Å². The minimum absolute atomic E-state index is 0.104. The van der Waals surface area contributed by atoms with Gasteiger partial charge in [0.1, 0.15) is 0 Å². The molecule has 0 aliphatic carbocycles. The summed E-state index contributed by atoms with van der Waals surface area (Å²) in [4.78, 5) is 3.56. The Morgan fingerprint density at radius 2 is 1.35 bits per heavy atom. The first-order valence-electron chi connectivity index (χ1n) is 12.8. The maximum Gasteiger partial charge on any atom is 0.0620 e. The van der Waals surface area contributed by atoms with Crippen molar-refractivity contribution in [3.63, 3.8) is 0 Å². The van der Waals surface area contributed by atoms with Gasteiger partial charge in [0.2, 0.25) is 0 Å². The summed E-state index contributed by atoms with van der Waals surface area (Å²) in [6.07, 6.45) is 0. The van der Waals surface area contributed by atoms with Gasteiger partial charge in [0.05, 0.1) is 11.0 Å². The topological polar surface area (TPSA) is 46.7 Å². The third-order valence-corrected chi connectivity index (χ3v) is 7.60. The summed E-state index contributed by atoms with van der Waals surface area (Å²) in [6, 6.07) is 37.0. The van der Waals surface area contributed by atoms with E-state index in [9.17, 15) is 0 Å². The summed E-state index contributed by atoms with van der Waals surface area (Å²) < 4.78 is 2.40. The van der Waals surface area contributed by atoms with Crippen LogP contribution in [-0.4, -0.2) is 9.55 Å². The molecule has 0 atom stereocenters. The van der Waals surface area contributed by atoms with Gasteiger partial charge >= 0.3 is 0 Å². The first-order chi connectivity index (χ1) is 17.9. The normalized spacial score (nSPS) is 12.3. The van der Waals surface area contributed by atoms with Gasteiger partial charge in [-0.15, -0.1) is 0 Å². The maximum atomic E-state index is 6.51. The van der Waals surface area contributed by atoms with Crippen molar-refractivity contribution in [2.45, 2.75) is 26.2 Å². The van der Waals surface area contributed by atoms with E-state index in [4.69, 9.17) is 5.73 Å². The lowest BCUT2D eigenvalue weighted by atomic mass is 9.86. The van der Waals surface area contributed by atoms with Crippen molar-refractivity contribution < 1.29 is 0 Å². The molecule has 3 nitrogen and oxygen atoms in total. The summed E-state index contributed by atoms with van der Waals surface area (Å²) in [7, 11) is 0. The molecule has 0 fully saturated rings. The van der Waals surface area contributed by atoms with Crippen LogP contribution in [0.25, 0.3) is 60.4 Å². The number of hydrogen-bond donors (Lipinski definition) is 2. The summed E-state index contributed by atoms with van der Waals surface area (Å²) in [6.45, 7) is 6.75. The van der Waals surface area contributed by atoms with Crippen LogP contribution in [0.4, 0.5) is 5.69 Å². The predicted octanol–water partition coefficient (Wildman–Crippen LogP) is 8.96. The SMILES string of the molecule is CC(C)(C)c1ccc(-c2cc(N)cc3c4ccccc4n(-c4ccc5[nH]c6ccccc6c5c4)c23)cc1. The Labute approximate surface area is 216 Å². The Hall–Kier alpha value is -4.50. The monoisotopic (exact) mass is 479 g/mol. The van der Waals surface area contributed by atoms with Gasteiger partial charge < -0.3 is 15.3 Å². The third kappa shape index (κ3) is 3.35. The lowest BCUT2D eigenvalue weighted by Gasteiger charge is -2.19. The van der Waals surface area contributed by atoms with Gasteiger partial charge in [0.25, 0.3) is 0 Å². The van der Waals surface area contributed by atoms with E-state index in [1.54, 1.807) is 0 Å². The molecule has 2 heterocycles.